The fraction of sp³-hybridized carbons (Fsp3) is 0.185. The fourth-order valence-electron chi connectivity index (χ4n) is 3.45. The van der Waals surface area contributed by atoms with Gasteiger partial charge in [0.1, 0.15) is 5.75 Å². The van der Waals surface area contributed by atoms with E-state index in [1.165, 1.54) is 11.4 Å². The molecule has 0 saturated carbocycles. The van der Waals surface area contributed by atoms with E-state index in [1.54, 1.807) is 48.7 Å². The number of carbonyl (C=O) groups excluding carboxylic acids is 1. The first-order valence-corrected chi connectivity index (χ1v) is 12.5. The van der Waals surface area contributed by atoms with Gasteiger partial charge < -0.3 is 9.15 Å². The van der Waals surface area contributed by atoms with E-state index < -0.39 is 16.0 Å². The van der Waals surface area contributed by atoms with E-state index in [9.17, 15) is 13.2 Å². The minimum absolute atomic E-state index is 0.0948. The summed E-state index contributed by atoms with van der Waals surface area (Å²) in [6.07, 6.45) is 2.04. The Morgan fingerprint density at radius 2 is 1.69 bits per heavy atom. The van der Waals surface area contributed by atoms with E-state index in [4.69, 9.17) is 9.15 Å². The number of oxazole rings is 1. The molecule has 0 aliphatic carbocycles. The molecule has 4 rings (SSSR count). The highest BCUT2D eigenvalue weighted by Gasteiger charge is 2.22. The Morgan fingerprint density at radius 3 is 2.37 bits per heavy atom. The quantitative estimate of drug-likeness (QED) is 0.245. The first-order valence-electron chi connectivity index (χ1n) is 11.1. The maximum atomic E-state index is 13.0. The van der Waals surface area contributed by atoms with Gasteiger partial charge in [-0.05, 0) is 61.4 Å². The number of aromatic nitrogens is 1. The molecule has 180 valence electrons. The van der Waals surface area contributed by atoms with Crippen molar-refractivity contribution in [3.8, 4) is 17.1 Å². The zero-order valence-electron chi connectivity index (χ0n) is 19.8. The minimum Gasteiger partial charge on any atom is -0.441 e. The molecule has 3 aromatic carbocycles. The number of esters is 1. The van der Waals surface area contributed by atoms with Crippen molar-refractivity contribution in [2.75, 3.05) is 11.4 Å². The summed E-state index contributed by atoms with van der Waals surface area (Å²) >= 11 is 0. The second kappa shape index (κ2) is 10.1. The lowest BCUT2D eigenvalue weighted by atomic mass is 10.1. The van der Waals surface area contributed by atoms with Crippen LogP contribution in [0.3, 0.4) is 0 Å². The fourth-order valence-corrected chi connectivity index (χ4v) is 4.73. The molecular weight excluding hydrogens is 464 g/mol. The van der Waals surface area contributed by atoms with Gasteiger partial charge in [0, 0.05) is 19.0 Å². The SMILES string of the molecule is Cc1ccc(S(=O)(=O)N(C)c2ccc(OC(=O)CCc3ncc(-c4ccccc4)o3)cc2)cc1C. The minimum atomic E-state index is -3.72. The summed E-state index contributed by atoms with van der Waals surface area (Å²) in [5, 5.41) is 0. The van der Waals surface area contributed by atoms with Crippen LogP contribution in [0.25, 0.3) is 11.3 Å². The Morgan fingerprint density at radius 1 is 0.971 bits per heavy atom. The van der Waals surface area contributed by atoms with Crippen LogP contribution >= 0.6 is 0 Å². The van der Waals surface area contributed by atoms with Gasteiger partial charge in [-0.15, -0.1) is 0 Å². The van der Waals surface area contributed by atoms with Crippen LogP contribution in [0.1, 0.15) is 23.4 Å². The zero-order valence-corrected chi connectivity index (χ0v) is 20.6. The molecule has 0 spiro atoms. The predicted octanol–water partition coefficient (Wildman–Crippen LogP) is 5.32. The number of benzene rings is 3. The van der Waals surface area contributed by atoms with Gasteiger partial charge in [-0.1, -0.05) is 36.4 Å². The van der Waals surface area contributed by atoms with E-state index >= 15 is 0 Å². The van der Waals surface area contributed by atoms with Crippen molar-refractivity contribution in [3.05, 3.63) is 96.0 Å². The molecule has 0 aliphatic heterocycles. The number of rotatable bonds is 8. The molecule has 35 heavy (non-hydrogen) atoms. The number of carbonyl (C=O) groups is 1. The maximum Gasteiger partial charge on any atom is 0.311 e. The number of sulfonamides is 1. The molecule has 0 unspecified atom stereocenters. The van der Waals surface area contributed by atoms with E-state index in [-0.39, 0.29) is 11.3 Å². The lowest BCUT2D eigenvalue weighted by Crippen LogP contribution is -2.26. The molecule has 0 N–H and O–H groups in total. The highest BCUT2D eigenvalue weighted by molar-refractivity contribution is 7.92. The van der Waals surface area contributed by atoms with Gasteiger partial charge in [-0.3, -0.25) is 9.10 Å². The monoisotopic (exact) mass is 490 g/mol. The Bertz CT molecular complexity index is 1430. The van der Waals surface area contributed by atoms with Gasteiger partial charge in [-0.25, -0.2) is 13.4 Å². The molecule has 0 saturated heterocycles. The molecule has 1 aromatic heterocycles. The normalized spacial score (nSPS) is 11.3. The Labute approximate surface area is 205 Å². The molecule has 8 heteroatoms. The molecule has 0 fully saturated rings. The number of nitrogens with zero attached hydrogens (tertiary/aromatic N) is 2. The number of aryl methyl sites for hydroxylation is 3. The standard InChI is InChI=1S/C27H26N2O5S/c1-19-9-14-24(17-20(19)2)35(31,32)29(3)22-10-12-23(13-11-22)33-27(30)16-15-26-28-18-25(34-26)21-7-5-4-6-8-21/h4-14,17-18H,15-16H2,1-3H3. The number of ether oxygens (including phenoxy) is 1. The summed E-state index contributed by atoms with van der Waals surface area (Å²) in [5.41, 5.74) is 3.30. The van der Waals surface area contributed by atoms with Crippen LogP contribution in [0.2, 0.25) is 0 Å². The van der Waals surface area contributed by atoms with Crippen LogP contribution in [-0.4, -0.2) is 26.4 Å². The van der Waals surface area contributed by atoms with Crippen LogP contribution in [0.15, 0.2) is 88.3 Å². The van der Waals surface area contributed by atoms with Gasteiger partial charge in [0.15, 0.2) is 11.7 Å². The molecule has 0 amide bonds. The number of hydrogen-bond acceptors (Lipinski definition) is 6. The second-order valence-corrected chi connectivity index (χ2v) is 10.1. The van der Waals surface area contributed by atoms with Crippen molar-refractivity contribution < 1.29 is 22.4 Å². The highest BCUT2D eigenvalue weighted by atomic mass is 32.2. The van der Waals surface area contributed by atoms with Crippen molar-refractivity contribution in [3.63, 3.8) is 0 Å². The summed E-state index contributed by atoms with van der Waals surface area (Å²) in [5.74, 6) is 0.986. The smallest absolute Gasteiger partial charge is 0.311 e. The van der Waals surface area contributed by atoms with Crippen molar-refractivity contribution in [1.29, 1.82) is 0 Å². The number of anilines is 1. The van der Waals surface area contributed by atoms with Crippen LogP contribution in [-0.2, 0) is 21.2 Å². The summed E-state index contributed by atoms with van der Waals surface area (Å²) in [7, 11) is -2.22. The van der Waals surface area contributed by atoms with Gasteiger partial charge in [0.25, 0.3) is 10.0 Å². The second-order valence-electron chi connectivity index (χ2n) is 8.17. The van der Waals surface area contributed by atoms with Crippen LogP contribution in [0.5, 0.6) is 5.75 Å². The summed E-state index contributed by atoms with van der Waals surface area (Å²) in [4.78, 5) is 16.7. The Hall–Kier alpha value is -3.91. The highest BCUT2D eigenvalue weighted by Crippen LogP contribution is 2.26. The molecule has 0 aliphatic rings. The molecule has 7 nitrogen and oxygen atoms in total. The lowest BCUT2D eigenvalue weighted by molar-refractivity contribution is -0.134. The average molecular weight is 491 g/mol. The average Bonchev–Trinajstić information content (AvgIpc) is 3.34. The van der Waals surface area contributed by atoms with Gasteiger partial charge >= 0.3 is 5.97 Å². The third-order valence-corrected chi connectivity index (χ3v) is 7.51. The largest absolute Gasteiger partial charge is 0.441 e. The van der Waals surface area contributed by atoms with Gasteiger partial charge in [-0.2, -0.15) is 0 Å². The molecule has 0 atom stereocenters. The van der Waals surface area contributed by atoms with E-state index in [0.29, 0.717) is 29.5 Å². The molecule has 4 aromatic rings. The molecular formula is C27H26N2O5S. The van der Waals surface area contributed by atoms with Gasteiger partial charge in [0.05, 0.1) is 23.2 Å². The predicted molar refractivity (Wildman–Crippen MR) is 134 cm³/mol. The van der Waals surface area contributed by atoms with Crippen molar-refractivity contribution in [2.24, 2.45) is 0 Å². The summed E-state index contributed by atoms with van der Waals surface area (Å²) in [6.45, 7) is 3.81. The first kappa shape index (κ1) is 24.2. The third-order valence-electron chi connectivity index (χ3n) is 5.72. The van der Waals surface area contributed by atoms with Crippen molar-refractivity contribution in [1.82, 2.24) is 4.98 Å². The third kappa shape index (κ3) is 5.60. The lowest BCUT2D eigenvalue weighted by Gasteiger charge is -2.20. The summed E-state index contributed by atoms with van der Waals surface area (Å²) in [6, 6.07) is 21.0. The van der Waals surface area contributed by atoms with E-state index in [2.05, 4.69) is 4.98 Å². The topological polar surface area (TPSA) is 89.7 Å². The zero-order chi connectivity index (χ0) is 25.0. The molecule has 0 radical (unpaired) electrons. The molecule has 0 bridgehead atoms. The number of hydrogen-bond donors (Lipinski definition) is 0. The van der Waals surface area contributed by atoms with Crippen molar-refractivity contribution in [2.45, 2.75) is 31.6 Å². The van der Waals surface area contributed by atoms with E-state index in [1.807, 2.05) is 44.2 Å². The van der Waals surface area contributed by atoms with E-state index in [0.717, 1.165) is 16.7 Å². The Balaban J connectivity index is 1.35. The molecule has 1 heterocycles. The van der Waals surface area contributed by atoms with Gasteiger partial charge in [0.2, 0.25) is 0 Å². The van der Waals surface area contributed by atoms with Crippen molar-refractivity contribution >= 4 is 21.7 Å². The van der Waals surface area contributed by atoms with Crippen LogP contribution < -0.4 is 9.04 Å². The Kier molecular flexibility index (Phi) is 7.02. The first-order chi connectivity index (χ1) is 16.7. The van der Waals surface area contributed by atoms with Crippen LogP contribution in [0.4, 0.5) is 5.69 Å². The maximum absolute atomic E-state index is 13.0. The summed E-state index contributed by atoms with van der Waals surface area (Å²) < 4.78 is 38.3. The van der Waals surface area contributed by atoms with Crippen LogP contribution in [0, 0.1) is 13.8 Å².